The van der Waals surface area contributed by atoms with Crippen LogP contribution < -0.4 is 10.6 Å². The Balaban J connectivity index is 4.55. The highest BCUT2D eigenvalue weighted by atomic mass is 16.4. The van der Waals surface area contributed by atoms with Gasteiger partial charge in [-0.05, 0) is 26.3 Å². The first-order valence-corrected chi connectivity index (χ1v) is 5.98. The first-order valence-electron chi connectivity index (χ1n) is 5.98. The largest absolute Gasteiger partial charge is 0.481 e. The quantitative estimate of drug-likeness (QED) is 0.624. The van der Waals surface area contributed by atoms with Crippen LogP contribution in [0.4, 0.5) is 0 Å². The van der Waals surface area contributed by atoms with Gasteiger partial charge in [-0.2, -0.15) is 0 Å². The van der Waals surface area contributed by atoms with Gasteiger partial charge in [-0.1, -0.05) is 20.8 Å². The second-order valence-electron chi connectivity index (χ2n) is 5.08. The van der Waals surface area contributed by atoms with Crippen LogP contribution in [0.25, 0.3) is 0 Å². The molecule has 5 heteroatoms. The zero-order valence-corrected chi connectivity index (χ0v) is 11.3. The molecule has 0 saturated heterocycles. The molecule has 0 radical (unpaired) electrons. The van der Waals surface area contributed by atoms with E-state index in [9.17, 15) is 9.59 Å². The van der Waals surface area contributed by atoms with Gasteiger partial charge >= 0.3 is 5.97 Å². The minimum absolute atomic E-state index is 0.0500. The molecule has 0 spiro atoms. The SMILES string of the molecule is CCNC(C)(C)C(=O)NC(CC(=O)O)C(C)C. The summed E-state index contributed by atoms with van der Waals surface area (Å²) < 4.78 is 0. The summed E-state index contributed by atoms with van der Waals surface area (Å²) in [6.07, 6.45) is -0.0500. The minimum Gasteiger partial charge on any atom is -0.481 e. The fraction of sp³-hybridized carbons (Fsp3) is 0.833. The normalized spacial score (nSPS) is 13.5. The summed E-state index contributed by atoms with van der Waals surface area (Å²) >= 11 is 0. The van der Waals surface area contributed by atoms with Crippen LogP contribution in [0.3, 0.4) is 0 Å². The lowest BCUT2D eigenvalue weighted by Crippen LogP contribution is -2.56. The number of nitrogens with one attached hydrogen (secondary N) is 2. The van der Waals surface area contributed by atoms with E-state index in [4.69, 9.17) is 5.11 Å². The summed E-state index contributed by atoms with van der Waals surface area (Å²) in [7, 11) is 0. The second-order valence-corrected chi connectivity index (χ2v) is 5.08. The molecule has 0 rings (SSSR count). The third-order valence-electron chi connectivity index (χ3n) is 2.70. The predicted molar refractivity (Wildman–Crippen MR) is 66.8 cm³/mol. The van der Waals surface area contributed by atoms with Crippen molar-refractivity contribution >= 4 is 11.9 Å². The smallest absolute Gasteiger partial charge is 0.305 e. The first kappa shape index (κ1) is 15.9. The third-order valence-corrected chi connectivity index (χ3v) is 2.70. The molecule has 100 valence electrons. The number of aliphatic carboxylic acids is 1. The summed E-state index contributed by atoms with van der Waals surface area (Å²) in [4.78, 5) is 22.7. The number of amides is 1. The van der Waals surface area contributed by atoms with Crippen LogP contribution in [-0.4, -0.2) is 35.1 Å². The van der Waals surface area contributed by atoms with E-state index in [1.807, 2.05) is 20.8 Å². The minimum atomic E-state index is -0.898. The van der Waals surface area contributed by atoms with Crippen LogP contribution >= 0.6 is 0 Å². The summed E-state index contributed by atoms with van der Waals surface area (Å²) in [5, 5.41) is 14.6. The maximum Gasteiger partial charge on any atom is 0.305 e. The maximum atomic E-state index is 12.0. The number of hydrogen-bond donors (Lipinski definition) is 3. The number of carbonyl (C=O) groups excluding carboxylic acids is 1. The number of likely N-dealkylation sites (N-methyl/N-ethyl adjacent to an activating group) is 1. The lowest BCUT2D eigenvalue weighted by atomic mass is 9.98. The van der Waals surface area contributed by atoms with Crippen molar-refractivity contribution in [1.29, 1.82) is 0 Å². The lowest BCUT2D eigenvalue weighted by Gasteiger charge is -2.29. The van der Waals surface area contributed by atoms with Gasteiger partial charge in [0.05, 0.1) is 12.0 Å². The van der Waals surface area contributed by atoms with E-state index in [2.05, 4.69) is 10.6 Å². The van der Waals surface area contributed by atoms with E-state index in [1.165, 1.54) is 0 Å². The second kappa shape index (κ2) is 6.59. The molecule has 0 saturated carbocycles. The molecule has 0 aromatic carbocycles. The van der Waals surface area contributed by atoms with Crippen molar-refractivity contribution in [2.75, 3.05) is 6.54 Å². The molecule has 17 heavy (non-hydrogen) atoms. The van der Waals surface area contributed by atoms with Gasteiger partial charge in [-0.3, -0.25) is 9.59 Å². The molecule has 0 aliphatic carbocycles. The van der Waals surface area contributed by atoms with Gasteiger partial charge in [0, 0.05) is 6.04 Å². The molecular weight excluding hydrogens is 220 g/mol. The molecule has 0 aromatic heterocycles. The highest BCUT2D eigenvalue weighted by molar-refractivity contribution is 5.86. The summed E-state index contributed by atoms with van der Waals surface area (Å²) in [5.74, 6) is -0.975. The van der Waals surface area contributed by atoms with Crippen LogP contribution in [-0.2, 0) is 9.59 Å². The Morgan fingerprint density at radius 1 is 1.29 bits per heavy atom. The molecule has 1 atom stereocenters. The maximum absolute atomic E-state index is 12.0. The van der Waals surface area contributed by atoms with Crippen LogP contribution in [0.5, 0.6) is 0 Å². The number of carboxylic acid groups (broad SMARTS) is 1. The van der Waals surface area contributed by atoms with Crippen LogP contribution in [0.1, 0.15) is 41.0 Å². The van der Waals surface area contributed by atoms with Crippen LogP contribution in [0.2, 0.25) is 0 Å². The highest BCUT2D eigenvalue weighted by Crippen LogP contribution is 2.09. The highest BCUT2D eigenvalue weighted by Gasteiger charge is 2.29. The van der Waals surface area contributed by atoms with E-state index in [0.717, 1.165) is 0 Å². The third kappa shape index (κ3) is 5.68. The Kier molecular flexibility index (Phi) is 6.16. The number of hydrogen-bond acceptors (Lipinski definition) is 3. The fourth-order valence-corrected chi connectivity index (χ4v) is 1.51. The Hall–Kier alpha value is -1.10. The first-order chi connectivity index (χ1) is 7.70. The van der Waals surface area contributed by atoms with E-state index >= 15 is 0 Å². The van der Waals surface area contributed by atoms with Crippen molar-refractivity contribution in [3.05, 3.63) is 0 Å². The van der Waals surface area contributed by atoms with E-state index < -0.39 is 11.5 Å². The molecular formula is C12H24N2O3. The van der Waals surface area contributed by atoms with Gasteiger partial charge in [-0.25, -0.2) is 0 Å². The van der Waals surface area contributed by atoms with E-state index in [0.29, 0.717) is 6.54 Å². The lowest BCUT2D eigenvalue weighted by molar-refractivity contribution is -0.138. The summed E-state index contributed by atoms with van der Waals surface area (Å²) in [6.45, 7) is 9.97. The van der Waals surface area contributed by atoms with Crippen LogP contribution in [0.15, 0.2) is 0 Å². The van der Waals surface area contributed by atoms with E-state index in [-0.39, 0.29) is 24.3 Å². The van der Waals surface area contributed by atoms with Gasteiger partial charge in [-0.15, -0.1) is 0 Å². The van der Waals surface area contributed by atoms with Crippen molar-refractivity contribution in [3.8, 4) is 0 Å². The molecule has 0 bridgehead atoms. The average molecular weight is 244 g/mol. The molecule has 3 N–H and O–H groups in total. The van der Waals surface area contributed by atoms with Crippen molar-refractivity contribution in [3.63, 3.8) is 0 Å². The molecule has 0 aliphatic rings. The van der Waals surface area contributed by atoms with Gasteiger partial charge in [0.1, 0.15) is 0 Å². The summed E-state index contributed by atoms with van der Waals surface area (Å²) in [6, 6.07) is -0.335. The van der Waals surface area contributed by atoms with Gasteiger partial charge < -0.3 is 15.7 Å². The van der Waals surface area contributed by atoms with Crippen LogP contribution in [0, 0.1) is 5.92 Å². The topological polar surface area (TPSA) is 78.4 Å². The van der Waals surface area contributed by atoms with E-state index in [1.54, 1.807) is 13.8 Å². The zero-order chi connectivity index (χ0) is 13.6. The molecule has 1 amide bonds. The van der Waals surface area contributed by atoms with Crippen molar-refractivity contribution in [1.82, 2.24) is 10.6 Å². The predicted octanol–water partition coefficient (Wildman–Crippen LogP) is 0.990. The Morgan fingerprint density at radius 3 is 2.18 bits per heavy atom. The Labute approximate surface area is 103 Å². The molecule has 0 aromatic rings. The van der Waals surface area contributed by atoms with Gasteiger partial charge in [0.25, 0.3) is 0 Å². The molecule has 0 fully saturated rings. The van der Waals surface area contributed by atoms with Crippen molar-refractivity contribution < 1.29 is 14.7 Å². The number of carbonyl (C=O) groups is 2. The molecule has 1 unspecified atom stereocenters. The van der Waals surface area contributed by atoms with Crippen molar-refractivity contribution in [2.45, 2.75) is 52.6 Å². The molecule has 0 aliphatic heterocycles. The number of carboxylic acids is 1. The van der Waals surface area contributed by atoms with Crippen molar-refractivity contribution in [2.24, 2.45) is 5.92 Å². The van der Waals surface area contributed by atoms with Gasteiger partial charge in [0.2, 0.25) is 5.91 Å². The Morgan fingerprint density at radius 2 is 1.82 bits per heavy atom. The monoisotopic (exact) mass is 244 g/mol. The zero-order valence-electron chi connectivity index (χ0n) is 11.3. The average Bonchev–Trinajstić information content (AvgIpc) is 2.15. The molecule has 0 heterocycles. The summed E-state index contributed by atoms with van der Waals surface area (Å²) in [5.41, 5.74) is -0.680. The van der Waals surface area contributed by atoms with Gasteiger partial charge in [0.15, 0.2) is 0 Å². The fourth-order valence-electron chi connectivity index (χ4n) is 1.51. The Bertz CT molecular complexity index is 275. The standard InChI is InChI=1S/C12H24N2O3/c1-6-13-12(4,5)11(17)14-9(8(2)3)7-10(15)16/h8-9,13H,6-7H2,1-5H3,(H,14,17)(H,15,16). The molecule has 5 nitrogen and oxygen atoms in total. The number of rotatable bonds is 7.